The Labute approximate surface area is 198 Å². The Balaban J connectivity index is 1.82. The second-order valence-corrected chi connectivity index (χ2v) is 7.84. The maximum absolute atomic E-state index is 13.9. The quantitative estimate of drug-likeness (QED) is 0.293. The molecule has 0 aliphatic carbocycles. The van der Waals surface area contributed by atoms with Gasteiger partial charge in [0.25, 0.3) is 5.91 Å². The van der Waals surface area contributed by atoms with Crippen molar-refractivity contribution in [2.45, 2.75) is 6.61 Å². The summed E-state index contributed by atoms with van der Waals surface area (Å²) >= 11 is 9.26. The molecule has 0 aliphatic rings. The third-order valence-corrected chi connectivity index (χ3v) is 5.20. The maximum atomic E-state index is 13.9. The zero-order chi connectivity index (χ0) is 23.1. The first kappa shape index (κ1) is 23.3. The van der Waals surface area contributed by atoms with Crippen LogP contribution >= 0.6 is 27.5 Å². The van der Waals surface area contributed by atoms with Crippen LogP contribution in [0.4, 0.5) is 10.1 Å². The molecule has 0 bridgehead atoms. The summed E-state index contributed by atoms with van der Waals surface area (Å²) in [6, 6.07) is 18.0. The fourth-order valence-electron chi connectivity index (χ4n) is 2.78. The Hall–Kier alpha value is -3.34. The van der Waals surface area contributed by atoms with E-state index in [0.29, 0.717) is 37.8 Å². The van der Waals surface area contributed by atoms with Gasteiger partial charge in [0.05, 0.1) is 11.6 Å². The lowest BCUT2D eigenvalue weighted by Crippen LogP contribution is -2.13. The van der Waals surface area contributed by atoms with E-state index in [1.807, 2.05) is 6.07 Å². The standard InChI is InChI=1S/C24H17BrClFN2O3/c1-31-22-12-15(10-17(13-28)24(30)29-19-8-6-18(26)7-9-19)11-20(25)23(22)32-14-16-4-2-3-5-21(16)27/h2-12H,14H2,1H3,(H,29,30)/b17-10-. The molecule has 0 fully saturated rings. The van der Waals surface area contributed by atoms with E-state index in [-0.39, 0.29) is 18.0 Å². The van der Waals surface area contributed by atoms with E-state index >= 15 is 0 Å². The van der Waals surface area contributed by atoms with E-state index < -0.39 is 5.91 Å². The van der Waals surface area contributed by atoms with Gasteiger partial charge in [0.1, 0.15) is 24.1 Å². The summed E-state index contributed by atoms with van der Waals surface area (Å²) in [4.78, 5) is 12.5. The number of ether oxygens (including phenoxy) is 2. The number of carbonyl (C=O) groups is 1. The number of amides is 1. The molecule has 0 spiro atoms. The molecular weight excluding hydrogens is 499 g/mol. The number of hydrogen-bond acceptors (Lipinski definition) is 4. The first-order valence-corrected chi connectivity index (χ1v) is 10.5. The molecule has 0 atom stereocenters. The van der Waals surface area contributed by atoms with Crippen molar-refractivity contribution in [3.63, 3.8) is 0 Å². The molecule has 0 unspecified atom stereocenters. The SMILES string of the molecule is COc1cc(/C=C(/C#N)C(=O)Nc2ccc(Cl)cc2)cc(Br)c1OCc1ccccc1F. The first-order valence-electron chi connectivity index (χ1n) is 9.33. The van der Waals surface area contributed by atoms with Gasteiger partial charge in [-0.2, -0.15) is 5.26 Å². The van der Waals surface area contributed by atoms with Crippen molar-refractivity contribution in [1.82, 2.24) is 0 Å². The minimum Gasteiger partial charge on any atom is -0.493 e. The van der Waals surface area contributed by atoms with Gasteiger partial charge in [0, 0.05) is 16.3 Å². The predicted molar refractivity (Wildman–Crippen MR) is 125 cm³/mol. The van der Waals surface area contributed by atoms with E-state index in [4.69, 9.17) is 21.1 Å². The zero-order valence-corrected chi connectivity index (χ0v) is 19.2. The van der Waals surface area contributed by atoms with Crippen molar-refractivity contribution >= 4 is 45.2 Å². The lowest BCUT2D eigenvalue weighted by atomic mass is 10.1. The van der Waals surface area contributed by atoms with Crippen molar-refractivity contribution in [3.05, 3.63) is 92.7 Å². The number of anilines is 1. The number of halogens is 3. The van der Waals surface area contributed by atoms with Crippen LogP contribution < -0.4 is 14.8 Å². The lowest BCUT2D eigenvalue weighted by Gasteiger charge is -2.14. The highest BCUT2D eigenvalue weighted by Gasteiger charge is 2.15. The van der Waals surface area contributed by atoms with Crippen LogP contribution in [-0.2, 0) is 11.4 Å². The fraction of sp³-hybridized carbons (Fsp3) is 0.0833. The Kier molecular flexibility index (Phi) is 7.87. The summed E-state index contributed by atoms with van der Waals surface area (Å²) in [5, 5.41) is 12.6. The monoisotopic (exact) mass is 514 g/mol. The molecule has 3 aromatic carbocycles. The van der Waals surface area contributed by atoms with Crippen LogP contribution in [0.1, 0.15) is 11.1 Å². The molecule has 32 heavy (non-hydrogen) atoms. The number of nitrogens with one attached hydrogen (secondary N) is 1. The minimum absolute atomic E-state index is 0.00373. The Morgan fingerprint density at radius 2 is 1.94 bits per heavy atom. The second kappa shape index (κ2) is 10.8. The molecule has 0 aromatic heterocycles. The minimum atomic E-state index is -0.565. The highest BCUT2D eigenvalue weighted by molar-refractivity contribution is 9.10. The Bertz CT molecular complexity index is 1210. The first-order chi connectivity index (χ1) is 15.4. The summed E-state index contributed by atoms with van der Waals surface area (Å²) in [5.41, 5.74) is 1.34. The molecule has 0 saturated carbocycles. The number of hydrogen-bond donors (Lipinski definition) is 1. The molecule has 5 nitrogen and oxygen atoms in total. The molecule has 162 valence electrons. The van der Waals surface area contributed by atoms with E-state index in [1.165, 1.54) is 19.3 Å². The van der Waals surface area contributed by atoms with Crippen LogP contribution in [0.5, 0.6) is 11.5 Å². The summed E-state index contributed by atoms with van der Waals surface area (Å²) in [5.74, 6) is -0.202. The van der Waals surface area contributed by atoms with Crippen LogP contribution in [0.25, 0.3) is 6.08 Å². The number of rotatable bonds is 7. The third kappa shape index (κ3) is 5.88. The van der Waals surface area contributed by atoms with Gasteiger partial charge in [-0.25, -0.2) is 4.39 Å². The average Bonchev–Trinajstić information content (AvgIpc) is 2.78. The van der Waals surface area contributed by atoms with Crippen LogP contribution in [0.15, 0.2) is 70.7 Å². The van der Waals surface area contributed by atoms with Crippen LogP contribution in [-0.4, -0.2) is 13.0 Å². The number of benzene rings is 3. The van der Waals surface area contributed by atoms with Crippen LogP contribution in [0, 0.1) is 17.1 Å². The molecule has 0 radical (unpaired) electrons. The highest BCUT2D eigenvalue weighted by atomic mass is 79.9. The number of nitriles is 1. The molecule has 1 amide bonds. The summed E-state index contributed by atoms with van der Waals surface area (Å²) in [7, 11) is 1.46. The van der Waals surface area contributed by atoms with Gasteiger partial charge in [0.2, 0.25) is 0 Å². The smallest absolute Gasteiger partial charge is 0.266 e. The second-order valence-electron chi connectivity index (χ2n) is 6.55. The molecule has 8 heteroatoms. The van der Waals surface area contributed by atoms with E-state index in [2.05, 4.69) is 21.2 Å². The summed E-state index contributed by atoms with van der Waals surface area (Å²) < 4.78 is 25.5. The molecule has 3 aromatic rings. The van der Waals surface area contributed by atoms with Gasteiger partial charge >= 0.3 is 0 Å². The topological polar surface area (TPSA) is 71.3 Å². The zero-order valence-electron chi connectivity index (χ0n) is 16.9. The van der Waals surface area contributed by atoms with Gasteiger partial charge in [-0.05, 0) is 70.0 Å². The fourth-order valence-corrected chi connectivity index (χ4v) is 3.48. The van der Waals surface area contributed by atoms with Gasteiger partial charge in [0.15, 0.2) is 11.5 Å². The van der Waals surface area contributed by atoms with Crippen molar-refractivity contribution < 1.29 is 18.7 Å². The van der Waals surface area contributed by atoms with E-state index in [1.54, 1.807) is 54.6 Å². The van der Waals surface area contributed by atoms with Gasteiger partial charge in [-0.15, -0.1) is 0 Å². The molecule has 0 saturated heterocycles. The van der Waals surface area contributed by atoms with E-state index in [0.717, 1.165) is 0 Å². The largest absolute Gasteiger partial charge is 0.493 e. The average molecular weight is 516 g/mol. The molecule has 1 N–H and O–H groups in total. The van der Waals surface area contributed by atoms with Crippen molar-refractivity contribution in [1.29, 1.82) is 5.26 Å². The van der Waals surface area contributed by atoms with Crippen molar-refractivity contribution in [2.75, 3.05) is 12.4 Å². The lowest BCUT2D eigenvalue weighted by molar-refractivity contribution is -0.112. The number of carbonyl (C=O) groups excluding carboxylic acids is 1. The van der Waals surface area contributed by atoms with Gasteiger partial charge in [-0.3, -0.25) is 4.79 Å². The molecule has 0 heterocycles. The Morgan fingerprint density at radius 1 is 1.22 bits per heavy atom. The maximum Gasteiger partial charge on any atom is 0.266 e. The van der Waals surface area contributed by atoms with Crippen molar-refractivity contribution in [2.24, 2.45) is 0 Å². The van der Waals surface area contributed by atoms with E-state index in [9.17, 15) is 14.4 Å². The van der Waals surface area contributed by atoms with Crippen LogP contribution in [0.2, 0.25) is 5.02 Å². The highest BCUT2D eigenvalue weighted by Crippen LogP contribution is 2.38. The summed E-state index contributed by atoms with van der Waals surface area (Å²) in [6.07, 6.45) is 1.43. The predicted octanol–water partition coefficient (Wildman–Crippen LogP) is 6.37. The van der Waals surface area contributed by atoms with Crippen molar-refractivity contribution in [3.8, 4) is 17.6 Å². The van der Waals surface area contributed by atoms with Gasteiger partial charge in [-0.1, -0.05) is 29.8 Å². The van der Waals surface area contributed by atoms with Crippen LogP contribution in [0.3, 0.4) is 0 Å². The van der Waals surface area contributed by atoms with Gasteiger partial charge < -0.3 is 14.8 Å². The normalized spacial score (nSPS) is 10.9. The molecule has 3 rings (SSSR count). The Morgan fingerprint density at radius 3 is 2.59 bits per heavy atom. The summed E-state index contributed by atoms with van der Waals surface area (Å²) in [6.45, 7) is 0.00373. The molecular formula is C24H17BrClFN2O3. The number of nitrogens with zero attached hydrogens (tertiary/aromatic N) is 1. The number of methoxy groups -OCH3 is 1. The molecule has 0 aliphatic heterocycles. The third-order valence-electron chi connectivity index (χ3n) is 4.36.